The quantitative estimate of drug-likeness (QED) is 0.433. The molecule has 0 aromatic heterocycles. The number of benzene rings is 2. The molecule has 3 aliphatic rings. The molecule has 2 aromatic carbocycles. The van der Waals surface area contributed by atoms with Crippen molar-refractivity contribution in [3.05, 3.63) is 59.7 Å². The number of rotatable bonds is 1. The molecule has 1 saturated carbocycles. The normalized spacial score (nSPS) is 32.8. The number of esters is 1. The highest BCUT2D eigenvalue weighted by Crippen LogP contribution is 2.74. The van der Waals surface area contributed by atoms with Crippen LogP contribution in [0.2, 0.25) is 0 Å². The molecule has 0 spiro atoms. The number of alkyl halides is 1. The Morgan fingerprint density at radius 2 is 1.67 bits per heavy atom. The van der Waals surface area contributed by atoms with E-state index in [-0.39, 0.29) is 5.91 Å². The van der Waals surface area contributed by atoms with E-state index in [1.54, 1.807) is 0 Å². The maximum absolute atomic E-state index is 13.0. The second-order valence-electron chi connectivity index (χ2n) is 7.33. The summed E-state index contributed by atoms with van der Waals surface area (Å²) in [6.45, 7) is 1.30. The number of carbonyl (C=O) groups excluding carboxylic acids is 3. The van der Waals surface area contributed by atoms with Crippen LogP contribution in [0.1, 0.15) is 24.0 Å². The number of nitrogens with zero attached hydrogens (tertiary/aromatic N) is 1. The number of ether oxygens (including phenoxy) is 1. The average Bonchev–Trinajstić information content (AvgIpc) is 2.81. The Morgan fingerprint density at radius 3 is 2.37 bits per heavy atom. The average molecular weight is 382 g/mol. The van der Waals surface area contributed by atoms with E-state index in [0.29, 0.717) is 5.56 Å². The van der Waals surface area contributed by atoms with E-state index in [1.807, 2.05) is 48.5 Å². The van der Waals surface area contributed by atoms with Gasteiger partial charge in [0.2, 0.25) is 5.91 Å². The number of imide groups is 1. The SMILES string of the molecule is CC(=O)O[C@@]12c3ccccc3-c3ccccc3[C@@H]1[C@H]1C(=O)N(C)C(=O)[C@@]12Cl. The van der Waals surface area contributed by atoms with Crippen molar-refractivity contribution >= 4 is 29.4 Å². The topological polar surface area (TPSA) is 63.7 Å². The molecule has 2 amide bonds. The molecule has 2 aromatic rings. The second kappa shape index (κ2) is 4.98. The molecule has 1 saturated heterocycles. The lowest BCUT2D eigenvalue weighted by atomic mass is 9.46. The van der Waals surface area contributed by atoms with Crippen LogP contribution in [0, 0.1) is 5.92 Å². The standard InChI is InChI=1S/C21H16ClNO4/c1-11(24)27-21-15-10-6-5-8-13(15)12-7-3-4-9-14(12)16(21)17-18(25)23(2)19(26)20(17,21)22/h3-10,16-17H,1-2H3/t16-,17+,20+,21+/m1/s1. The lowest BCUT2D eigenvalue weighted by molar-refractivity contribution is -0.197. The van der Waals surface area contributed by atoms with Crippen LogP contribution >= 0.6 is 11.6 Å². The zero-order valence-corrected chi connectivity index (χ0v) is 15.5. The Hall–Kier alpha value is -2.66. The fourth-order valence-electron chi connectivity index (χ4n) is 5.22. The van der Waals surface area contributed by atoms with Crippen LogP contribution in [0.5, 0.6) is 0 Å². The van der Waals surface area contributed by atoms with E-state index in [2.05, 4.69) is 0 Å². The molecule has 4 atom stereocenters. The molecular weight excluding hydrogens is 366 g/mol. The summed E-state index contributed by atoms with van der Waals surface area (Å²) in [5.41, 5.74) is 1.96. The fraction of sp³-hybridized carbons (Fsp3) is 0.286. The van der Waals surface area contributed by atoms with Crippen LogP contribution in [-0.4, -0.2) is 34.6 Å². The van der Waals surface area contributed by atoms with Crippen LogP contribution in [0.4, 0.5) is 0 Å². The minimum absolute atomic E-state index is 0.336. The monoisotopic (exact) mass is 381 g/mol. The van der Waals surface area contributed by atoms with Gasteiger partial charge < -0.3 is 4.74 Å². The fourth-order valence-corrected chi connectivity index (χ4v) is 5.82. The molecule has 136 valence electrons. The van der Waals surface area contributed by atoms with Gasteiger partial charge in [-0.1, -0.05) is 48.5 Å². The molecule has 2 fully saturated rings. The van der Waals surface area contributed by atoms with Crippen molar-refractivity contribution in [2.75, 3.05) is 7.05 Å². The number of likely N-dealkylation sites (tertiary alicyclic amines) is 1. The number of halogens is 1. The third-order valence-corrected chi connectivity index (χ3v) is 6.85. The van der Waals surface area contributed by atoms with Gasteiger partial charge in [0.15, 0.2) is 10.5 Å². The summed E-state index contributed by atoms with van der Waals surface area (Å²) in [6.07, 6.45) is 0. The predicted octanol–water partition coefficient (Wildman–Crippen LogP) is 2.82. The van der Waals surface area contributed by atoms with Crippen molar-refractivity contribution in [2.45, 2.75) is 23.3 Å². The Balaban J connectivity index is 1.90. The molecule has 0 N–H and O–H groups in total. The third-order valence-electron chi connectivity index (χ3n) is 6.17. The first kappa shape index (κ1) is 16.5. The van der Waals surface area contributed by atoms with Gasteiger partial charge in [0, 0.05) is 25.5 Å². The van der Waals surface area contributed by atoms with Crippen molar-refractivity contribution in [1.82, 2.24) is 4.90 Å². The van der Waals surface area contributed by atoms with Gasteiger partial charge in [-0.05, 0) is 16.7 Å². The maximum Gasteiger partial charge on any atom is 0.303 e. The molecule has 0 bridgehead atoms. The van der Waals surface area contributed by atoms with Gasteiger partial charge in [-0.15, -0.1) is 11.6 Å². The van der Waals surface area contributed by atoms with Gasteiger partial charge in [-0.3, -0.25) is 19.3 Å². The van der Waals surface area contributed by atoms with Gasteiger partial charge in [0.05, 0.1) is 5.92 Å². The molecule has 0 radical (unpaired) electrons. The Labute approximate surface area is 160 Å². The van der Waals surface area contributed by atoms with Crippen molar-refractivity contribution in [3.8, 4) is 11.1 Å². The molecular formula is C21H16ClNO4. The first-order valence-corrected chi connectivity index (χ1v) is 9.12. The summed E-state index contributed by atoms with van der Waals surface area (Å²) < 4.78 is 5.87. The van der Waals surface area contributed by atoms with Gasteiger partial charge >= 0.3 is 5.97 Å². The molecule has 1 heterocycles. The lowest BCUT2D eigenvalue weighted by Crippen LogP contribution is -2.73. The zero-order chi connectivity index (χ0) is 19.1. The minimum atomic E-state index is -1.64. The van der Waals surface area contributed by atoms with Gasteiger partial charge in [0.1, 0.15) is 0 Å². The van der Waals surface area contributed by atoms with Crippen molar-refractivity contribution in [2.24, 2.45) is 5.92 Å². The van der Waals surface area contributed by atoms with Crippen LogP contribution < -0.4 is 0 Å². The summed E-state index contributed by atoms with van der Waals surface area (Å²) in [6, 6.07) is 15.2. The molecule has 0 unspecified atom stereocenters. The van der Waals surface area contributed by atoms with E-state index < -0.39 is 34.2 Å². The predicted molar refractivity (Wildman–Crippen MR) is 97.9 cm³/mol. The summed E-state index contributed by atoms with van der Waals surface area (Å²) >= 11 is 6.92. The van der Waals surface area contributed by atoms with E-state index in [9.17, 15) is 14.4 Å². The van der Waals surface area contributed by atoms with Crippen LogP contribution in [0.3, 0.4) is 0 Å². The Kier molecular flexibility index (Phi) is 3.05. The number of hydrogen-bond acceptors (Lipinski definition) is 4. The van der Waals surface area contributed by atoms with Gasteiger partial charge in [0.25, 0.3) is 5.91 Å². The molecule has 5 rings (SSSR count). The van der Waals surface area contributed by atoms with E-state index in [0.717, 1.165) is 21.6 Å². The number of hydrogen-bond donors (Lipinski definition) is 0. The zero-order valence-electron chi connectivity index (χ0n) is 14.7. The largest absolute Gasteiger partial charge is 0.451 e. The van der Waals surface area contributed by atoms with E-state index in [4.69, 9.17) is 16.3 Å². The van der Waals surface area contributed by atoms with Crippen molar-refractivity contribution in [3.63, 3.8) is 0 Å². The summed E-state index contributed by atoms with van der Waals surface area (Å²) in [4.78, 5) is 37.5. The highest BCUT2D eigenvalue weighted by atomic mass is 35.5. The molecule has 5 nitrogen and oxygen atoms in total. The van der Waals surface area contributed by atoms with Crippen LogP contribution in [0.15, 0.2) is 48.5 Å². The van der Waals surface area contributed by atoms with Gasteiger partial charge in [-0.25, -0.2) is 0 Å². The van der Waals surface area contributed by atoms with Crippen molar-refractivity contribution < 1.29 is 19.1 Å². The highest BCUT2D eigenvalue weighted by Gasteiger charge is 2.85. The van der Waals surface area contributed by atoms with Crippen LogP contribution in [-0.2, 0) is 24.7 Å². The molecule has 27 heavy (non-hydrogen) atoms. The maximum atomic E-state index is 13.0. The van der Waals surface area contributed by atoms with Gasteiger partial charge in [-0.2, -0.15) is 0 Å². The third kappa shape index (κ3) is 1.61. The highest BCUT2D eigenvalue weighted by molar-refractivity contribution is 6.43. The second-order valence-corrected chi connectivity index (χ2v) is 7.93. The minimum Gasteiger partial charge on any atom is -0.451 e. The first-order valence-electron chi connectivity index (χ1n) is 8.75. The Morgan fingerprint density at radius 1 is 1.04 bits per heavy atom. The molecule has 1 aliphatic heterocycles. The summed E-state index contributed by atoms with van der Waals surface area (Å²) in [7, 11) is 1.43. The number of amides is 2. The molecule has 6 heteroatoms. The number of carbonyl (C=O) groups is 3. The summed E-state index contributed by atoms with van der Waals surface area (Å²) in [5.74, 6) is -2.68. The van der Waals surface area contributed by atoms with Crippen molar-refractivity contribution in [1.29, 1.82) is 0 Å². The Bertz CT molecular complexity index is 1050. The smallest absolute Gasteiger partial charge is 0.303 e. The molecule has 2 aliphatic carbocycles. The number of fused-ring (bicyclic) bond motifs is 9. The summed E-state index contributed by atoms with van der Waals surface area (Å²) in [5, 5.41) is 0. The van der Waals surface area contributed by atoms with Crippen LogP contribution in [0.25, 0.3) is 11.1 Å². The first-order chi connectivity index (χ1) is 12.9. The van der Waals surface area contributed by atoms with E-state index in [1.165, 1.54) is 14.0 Å². The lowest BCUT2D eigenvalue weighted by Gasteiger charge is -2.62. The van der Waals surface area contributed by atoms with E-state index >= 15 is 0 Å².